The summed E-state index contributed by atoms with van der Waals surface area (Å²) in [5.74, 6) is -0.493. The average molecular weight is 660 g/mol. The van der Waals surface area contributed by atoms with Crippen LogP contribution in [0.1, 0.15) is 24.5 Å². The number of hydrogen-bond donors (Lipinski definition) is 1. The summed E-state index contributed by atoms with van der Waals surface area (Å²) < 4.78 is 36.0. The van der Waals surface area contributed by atoms with E-state index in [2.05, 4.69) is 0 Å². The summed E-state index contributed by atoms with van der Waals surface area (Å²) in [4.78, 5) is 42.3. The predicted molar refractivity (Wildman–Crippen MR) is 178 cm³/mol. The van der Waals surface area contributed by atoms with Gasteiger partial charge in [0.15, 0.2) is 17.1 Å². The van der Waals surface area contributed by atoms with E-state index in [1.54, 1.807) is 85.0 Å². The van der Waals surface area contributed by atoms with Crippen LogP contribution >= 0.6 is 0 Å². The molecule has 0 bridgehead atoms. The number of carbonyl (C=O) groups is 1. The van der Waals surface area contributed by atoms with Gasteiger partial charge in [0.05, 0.1) is 32.6 Å². The molecule has 2 aromatic heterocycles. The Kier molecular flexibility index (Phi) is 8.45. The van der Waals surface area contributed by atoms with Crippen molar-refractivity contribution in [2.45, 2.75) is 50.2 Å². The smallest absolute Gasteiger partial charge is 0.297 e. The number of fused-ring (bicyclic) bond motifs is 2. The van der Waals surface area contributed by atoms with Crippen molar-refractivity contribution in [1.82, 2.24) is 9.13 Å². The molecule has 6 rings (SSSR count). The summed E-state index contributed by atoms with van der Waals surface area (Å²) in [6, 6.07) is 19.2. The van der Waals surface area contributed by atoms with E-state index >= 15 is 4.11 Å². The van der Waals surface area contributed by atoms with Gasteiger partial charge in [-0.1, -0.05) is 19.1 Å². The molecule has 47 heavy (non-hydrogen) atoms. The van der Waals surface area contributed by atoms with E-state index in [1.807, 2.05) is 19.1 Å². The van der Waals surface area contributed by atoms with Gasteiger partial charge in [0, 0.05) is 47.4 Å². The molecule has 1 spiro atoms. The maximum absolute atomic E-state index is 16.0. The molecule has 2 aliphatic rings. The molecule has 10 nitrogen and oxygen atoms in total. The Morgan fingerprint density at radius 2 is 1.47 bits per heavy atom. The number of benzene rings is 2. The summed E-state index contributed by atoms with van der Waals surface area (Å²) in [6.07, 6.45) is 2.81. The van der Waals surface area contributed by atoms with Gasteiger partial charge in [-0.15, -0.1) is 0 Å². The van der Waals surface area contributed by atoms with Crippen LogP contribution in [0.2, 0.25) is 18.6 Å². The highest BCUT2D eigenvalue weighted by Gasteiger charge is 2.66. The number of amides is 1. The third-order valence-electron chi connectivity index (χ3n) is 9.46. The Morgan fingerprint density at radius 3 is 2.02 bits per heavy atom. The molecular formula is C35H38FN3O7Si. The van der Waals surface area contributed by atoms with Crippen molar-refractivity contribution >= 4 is 20.0 Å². The molecule has 4 aromatic rings. The van der Waals surface area contributed by atoms with E-state index in [0.29, 0.717) is 22.6 Å². The average Bonchev–Trinajstić information content (AvgIpc) is 3.48. The quantitative estimate of drug-likeness (QED) is 0.205. The number of aliphatic hydroxyl groups excluding tert-OH is 1. The number of aromatic nitrogens is 2. The lowest BCUT2D eigenvalue weighted by Gasteiger charge is -2.31. The zero-order valence-electron chi connectivity index (χ0n) is 27.0. The SMILES string of the molecule is COc1cccn(-c2ccc(CN3C(=O)[C@@]4(O[C@@H](CCO)[C@H]([Si](C)(C)F)[C@H]4C)c4cc(-n5cccc(OC)c5=O)ccc43)cc2)c1=O. The van der Waals surface area contributed by atoms with Crippen LogP contribution in [0.15, 0.2) is 88.7 Å². The summed E-state index contributed by atoms with van der Waals surface area (Å²) in [5, 5.41) is 9.90. The highest BCUT2D eigenvalue weighted by Crippen LogP contribution is 2.60. The Labute approximate surface area is 272 Å². The fourth-order valence-electron chi connectivity index (χ4n) is 7.35. The van der Waals surface area contributed by atoms with Gasteiger partial charge in [0.25, 0.3) is 17.0 Å². The van der Waals surface area contributed by atoms with Crippen LogP contribution < -0.4 is 25.5 Å². The molecule has 4 atom stereocenters. The highest BCUT2D eigenvalue weighted by atomic mass is 28.4. The number of hydrogen-bond acceptors (Lipinski definition) is 7. The molecule has 246 valence electrons. The molecule has 0 saturated carbocycles. The first-order valence-electron chi connectivity index (χ1n) is 15.5. The minimum atomic E-state index is -3.39. The third kappa shape index (κ3) is 5.30. The van der Waals surface area contributed by atoms with Gasteiger partial charge < -0.3 is 28.3 Å². The number of pyridine rings is 2. The maximum atomic E-state index is 16.0. The van der Waals surface area contributed by atoms with Crippen molar-refractivity contribution in [3.05, 3.63) is 111 Å². The number of nitrogens with zero attached hydrogens (tertiary/aromatic N) is 3. The van der Waals surface area contributed by atoms with Crippen molar-refractivity contribution in [2.24, 2.45) is 5.92 Å². The Morgan fingerprint density at radius 1 is 0.894 bits per heavy atom. The van der Waals surface area contributed by atoms with E-state index in [1.165, 1.54) is 23.4 Å². The van der Waals surface area contributed by atoms with E-state index in [-0.39, 0.29) is 48.1 Å². The first-order valence-corrected chi connectivity index (χ1v) is 18.5. The second-order valence-corrected chi connectivity index (χ2v) is 16.3. The lowest BCUT2D eigenvalue weighted by molar-refractivity contribution is -0.146. The second-order valence-electron chi connectivity index (χ2n) is 12.5. The van der Waals surface area contributed by atoms with Crippen molar-refractivity contribution < 1.29 is 28.2 Å². The van der Waals surface area contributed by atoms with Crippen LogP contribution in [0.4, 0.5) is 9.80 Å². The number of halogens is 1. The number of carbonyl (C=O) groups excluding carboxylic acids is 1. The molecule has 0 radical (unpaired) electrons. The van der Waals surface area contributed by atoms with Crippen LogP contribution in [0, 0.1) is 5.92 Å². The standard InChI is InChI=1S/C35H38FN3O7Si/c1-22-31(47(4,5)36)28(16-19-40)46-35(22)26-20-25(38-18-7-9-30(45-3)33(38)42)14-15-27(26)39(34(35)43)21-23-10-12-24(13-11-23)37-17-6-8-29(44-2)32(37)41/h6-15,17-18,20,22,28,31,40H,16,19,21H2,1-5H3/t22-,28+,31-,35+/m1/s1. The molecule has 0 unspecified atom stereocenters. The number of aliphatic hydroxyl groups is 1. The van der Waals surface area contributed by atoms with Crippen molar-refractivity contribution in [3.8, 4) is 22.9 Å². The molecule has 1 saturated heterocycles. The number of anilines is 1. The summed E-state index contributed by atoms with van der Waals surface area (Å²) in [5.41, 5.74) is 0.327. The Hall–Kier alpha value is -4.52. The van der Waals surface area contributed by atoms with Crippen LogP contribution in [0.25, 0.3) is 11.4 Å². The van der Waals surface area contributed by atoms with Gasteiger partial charge in [-0.2, -0.15) is 0 Å². The van der Waals surface area contributed by atoms with Crippen LogP contribution in [0.3, 0.4) is 0 Å². The van der Waals surface area contributed by atoms with Gasteiger partial charge >= 0.3 is 0 Å². The lowest BCUT2D eigenvalue weighted by atomic mass is 9.82. The van der Waals surface area contributed by atoms with Gasteiger partial charge in [0.1, 0.15) is 0 Å². The largest absolute Gasteiger partial charge is 0.491 e. The third-order valence-corrected chi connectivity index (χ3v) is 11.9. The molecule has 12 heteroatoms. The Balaban J connectivity index is 1.45. The van der Waals surface area contributed by atoms with E-state index in [0.717, 1.165) is 5.56 Å². The predicted octanol–water partition coefficient (Wildman–Crippen LogP) is 4.71. The molecule has 0 aliphatic carbocycles. The zero-order chi connectivity index (χ0) is 33.7. The molecule has 1 amide bonds. The van der Waals surface area contributed by atoms with Crippen molar-refractivity contribution in [2.75, 3.05) is 25.7 Å². The van der Waals surface area contributed by atoms with Gasteiger partial charge in [0.2, 0.25) is 8.41 Å². The van der Waals surface area contributed by atoms with E-state index < -0.39 is 31.6 Å². The monoisotopic (exact) mass is 659 g/mol. The fraction of sp³-hybridized carbons (Fsp3) is 0.343. The highest BCUT2D eigenvalue weighted by molar-refractivity contribution is 6.72. The number of rotatable bonds is 9. The van der Waals surface area contributed by atoms with Crippen LogP contribution in [-0.4, -0.2) is 55.5 Å². The zero-order valence-corrected chi connectivity index (χ0v) is 28.0. The molecule has 1 N–H and O–H groups in total. The first kappa shape index (κ1) is 32.4. The topological polar surface area (TPSA) is 112 Å². The molecule has 1 fully saturated rings. The maximum Gasteiger partial charge on any atom is 0.297 e. The minimum Gasteiger partial charge on any atom is -0.491 e. The number of methoxy groups -OCH3 is 2. The van der Waals surface area contributed by atoms with Crippen molar-refractivity contribution in [3.63, 3.8) is 0 Å². The molecule has 2 aromatic carbocycles. The second kappa shape index (κ2) is 12.3. The normalized spacial score (nSPS) is 22.1. The fourth-order valence-corrected chi connectivity index (χ4v) is 9.89. The van der Waals surface area contributed by atoms with E-state index in [9.17, 15) is 19.5 Å². The first-order chi connectivity index (χ1) is 22.5. The van der Waals surface area contributed by atoms with Gasteiger partial charge in [-0.25, -0.2) is 0 Å². The molecule has 4 heterocycles. The van der Waals surface area contributed by atoms with Gasteiger partial charge in [-0.3, -0.25) is 23.5 Å². The summed E-state index contributed by atoms with van der Waals surface area (Å²) >= 11 is 0. The Bertz CT molecular complexity index is 1940. The molecule has 2 aliphatic heterocycles. The van der Waals surface area contributed by atoms with Gasteiger partial charge in [-0.05, 0) is 79.7 Å². The van der Waals surface area contributed by atoms with Crippen molar-refractivity contribution in [1.29, 1.82) is 0 Å². The molecular weight excluding hydrogens is 621 g/mol. The lowest BCUT2D eigenvalue weighted by Crippen LogP contribution is -2.45. The van der Waals surface area contributed by atoms with Crippen LogP contribution in [0.5, 0.6) is 11.5 Å². The van der Waals surface area contributed by atoms with E-state index in [4.69, 9.17) is 14.2 Å². The number of ether oxygens (including phenoxy) is 3. The van der Waals surface area contributed by atoms with Crippen LogP contribution in [-0.2, 0) is 21.7 Å². The summed E-state index contributed by atoms with van der Waals surface area (Å²) in [6.45, 7) is 5.05. The minimum absolute atomic E-state index is 0.166. The summed E-state index contributed by atoms with van der Waals surface area (Å²) in [7, 11) is -0.523.